The molecule has 0 spiro atoms. The monoisotopic (exact) mass is 1090 g/mol. The molecule has 1 atom stereocenters. The second-order valence-corrected chi connectivity index (χ2v) is 22.7. The van der Waals surface area contributed by atoms with Crippen LogP contribution in [0.1, 0.15) is 348 Å². The van der Waals surface area contributed by atoms with Gasteiger partial charge in [0.1, 0.15) is 13.2 Å². The lowest BCUT2D eigenvalue weighted by atomic mass is 10.0. The van der Waals surface area contributed by atoms with Crippen molar-refractivity contribution in [1.82, 2.24) is 0 Å². The molecule has 78 heavy (non-hydrogen) atoms. The minimum atomic E-state index is -0.807. The van der Waals surface area contributed by atoms with Gasteiger partial charge in [0.15, 0.2) is 6.10 Å². The van der Waals surface area contributed by atoms with Crippen molar-refractivity contribution in [2.45, 2.75) is 354 Å². The zero-order valence-electron chi connectivity index (χ0n) is 51.9. The van der Waals surface area contributed by atoms with Crippen molar-refractivity contribution in [3.8, 4) is 0 Å². The van der Waals surface area contributed by atoms with Crippen molar-refractivity contribution in [2.75, 3.05) is 13.2 Å². The summed E-state index contributed by atoms with van der Waals surface area (Å²) >= 11 is 0. The standard InChI is InChI=1S/C72H128O6/c1-4-7-10-13-16-19-22-25-27-28-29-30-31-32-33-34-35-36-37-38-39-40-41-42-43-44-45-48-50-53-56-59-62-65-71(74)77-68-69(67-76-70(73)64-61-58-55-52-49-46-24-21-18-15-12-9-6-3)78-72(75)66-63-60-57-54-51-47-26-23-20-17-14-11-8-5-2/h9,12,18,21,23,26,28-29,46,49,55,58,69H,4-8,10-11,13-17,19-20,22,24-25,27,30-45,47-48,50-54,56-57,59-68H2,1-3H3/b12-9-,21-18-,26-23-,29-28-,49-46-,58-55-. The van der Waals surface area contributed by atoms with Crippen LogP contribution in [-0.2, 0) is 28.6 Å². The maximum atomic E-state index is 12.9. The molecule has 6 nitrogen and oxygen atoms in total. The first-order valence-corrected chi connectivity index (χ1v) is 33.9. The molecule has 452 valence electrons. The Kier molecular flexibility index (Phi) is 63.7. The molecule has 0 rings (SSSR count). The van der Waals surface area contributed by atoms with Crippen molar-refractivity contribution >= 4 is 17.9 Å². The summed E-state index contributed by atoms with van der Waals surface area (Å²) in [5, 5.41) is 0. The van der Waals surface area contributed by atoms with E-state index in [4.69, 9.17) is 14.2 Å². The van der Waals surface area contributed by atoms with Gasteiger partial charge in [0.05, 0.1) is 0 Å². The number of esters is 3. The predicted octanol–water partition coefficient (Wildman–Crippen LogP) is 23.3. The van der Waals surface area contributed by atoms with E-state index in [0.29, 0.717) is 19.3 Å². The summed E-state index contributed by atoms with van der Waals surface area (Å²) in [5.74, 6) is -0.978. The molecule has 0 saturated heterocycles. The third-order valence-electron chi connectivity index (χ3n) is 14.9. The van der Waals surface area contributed by atoms with Crippen molar-refractivity contribution in [1.29, 1.82) is 0 Å². The summed E-state index contributed by atoms with van der Waals surface area (Å²) in [6.45, 7) is 6.48. The molecule has 0 amide bonds. The zero-order valence-corrected chi connectivity index (χ0v) is 51.9. The highest BCUT2D eigenvalue weighted by Crippen LogP contribution is 2.17. The maximum Gasteiger partial charge on any atom is 0.306 e. The molecular formula is C72H128O6. The number of ether oxygens (including phenoxy) is 3. The Labute approximate surface area is 484 Å². The summed E-state index contributed by atoms with van der Waals surface area (Å²) in [6, 6.07) is 0. The van der Waals surface area contributed by atoms with E-state index >= 15 is 0 Å². The van der Waals surface area contributed by atoms with Crippen molar-refractivity contribution in [2.24, 2.45) is 0 Å². The van der Waals surface area contributed by atoms with Gasteiger partial charge in [0.2, 0.25) is 0 Å². The Morgan fingerprint density at radius 3 is 0.859 bits per heavy atom. The Hall–Kier alpha value is -3.15. The Morgan fingerprint density at radius 1 is 0.269 bits per heavy atom. The number of rotatable bonds is 62. The largest absolute Gasteiger partial charge is 0.462 e. The van der Waals surface area contributed by atoms with Gasteiger partial charge in [-0.05, 0) is 96.3 Å². The van der Waals surface area contributed by atoms with E-state index in [1.165, 1.54) is 225 Å². The Morgan fingerprint density at radius 2 is 0.526 bits per heavy atom. The lowest BCUT2D eigenvalue weighted by Crippen LogP contribution is -2.30. The van der Waals surface area contributed by atoms with Gasteiger partial charge in [-0.3, -0.25) is 14.4 Å². The first-order valence-electron chi connectivity index (χ1n) is 33.9. The number of carbonyl (C=O) groups excluding carboxylic acids is 3. The van der Waals surface area contributed by atoms with Crippen molar-refractivity contribution < 1.29 is 28.6 Å². The van der Waals surface area contributed by atoms with Crippen molar-refractivity contribution in [3.05, 3.63) is 72.9 Å². The number of hydrogen-bond acceptors (Lipinski definition) is 6. The first-order chi connectivity index (χ1) is 38.5. The van der Waals surface area contributed by atoms with Crippen molar-refractivity contribution in [3.63, 3.8) is 0 Å². The van der Waals surface area contributed by atoms with E-state index in [1.807, 2.05) is 6.08 Å². The zero-order chi connectivity index (χ0) is 56.4. The van der Waals surface area contributed by atoms with Crippen LogP contribution in [0.2, 0.25) is 0 Å². The molecule has 0 aliphatic rings. The van der Waals surface area contributed by atoms with Crippen LogP contribution in [0.5, 0.6) is 0 Å². The summed E-state index contributed by atoms with van der Waals surface area (Å²) in [6.07, 6.45) is 86.8. The van der Waals surface area contributed by atoms with E-state index in [-0.39, 0.29) is 37.5 Å². The van der Waals surface area contributed by atoms with Crippen LogP contribution >= 0.6 is 0 Å². The summed E-state index contributed by atoms with van der Waals surface area (Å²) in [7, 11) is 0. The highest BCUT2D eigenvalue weighted by Gasteiger charge is 2.19. The molecule has 0 aliphatic carbocycles. The molecule has 0 aliphatic heterocycles. The SMILES string of the molecule is CC/C=C\C/C=C\C/C=C\C/C=C\CCC(=O)OCC(COC(=O)CCCCCCCCCCCCCCCCCCCCCCC/C=C\CCCCCCCCCC)OC(=O)CCCCCCC/C=C\CCCCCCC. The van der Waals surface area contributed by atoms with Gasteiger partial charge in [0, 0.05) is 19.3 Å². The van der Waals surface area contributed by atoms with Crippen LogP contribution in [0, 0.1) is 0 Å². The van der Waals surface area contributed by atoms with Gasteiger partial charge < -0.3 is 14.2 Å². The second-order valence-electron chi connectivity index (χ2n) is 22.7. The quantitative estimate of drug-likeness (QED) is 0.0261. The molecule has 0 bridgehead atoms. The molecule has 0 saturated carbocycles. The third-order valence-corrected chi connectivity index (χ3v) is 14.9. The van der Waals surface area contributed by atoms with Crippen LogP contribution in [0.25, 0.3) is 0 Å². The summed E-state index contributed by atoms with van der Waals surface area (Å²) < 4.78 is 16.8. The van der Waals surface area contributed by atoms with Crippen LogP contribution in [-0.4, -0.2) is 37.2 Å². The Bertz CT molecular complexity index is 1440. The topological polar surface area (TPSA) is 78.9 Å². The van der Waals surface area contributed by atoms with E-state index in [9.17, 15) is 14.4 Å². The van der Waals surface area contributed by atoms with Crippen LogP contribution < -0.4 is 0 Å². The van der Waals surface area contributed by atoms with Gasteiger partial charge in [-0.25, -0.2) is 0 Å². The first kappa shape index (κ1) is 74.8. The van der Waals surface area contributed by atoms with Gasteiger partial charge >= 0.3 is 17.9 Å². The number of unbranched alkanes of at least 4 members (excludes halogenated alkanes) is 39. The maximum absolute atomic E-state index is 12.9. The fourth-order valence-electron chi connectivity index (χ4n) is 9.86. The summed E-state index contributed by atoms with van der Waals surface area (Å²) in [5.41, 5.74) is 0. The smallest absolute Gasteiger partial charge is 0.306 e. The van der Waals surface area contributed by atoms with Crippen LogP contribution in [0.3, 0.4) is 0 Å². The number of carbonyl (C=O) groups is 3. The van der Waals surface area contributed by atoms with Crippen LogP contribution in [0.4, 0.5) is 0 Å². The fraction of sp³-hybridized carbons (Fsp3) is 0.792. The molecule has 0 aromatic heterocycles. The van der Waals surface area contributed by atoms with E-state index < -0.39 is 6.10 Å². The molecule has 0 heterocycles. The molecule has 0 radical (unpaired) electrons. The minimum Gasteiger partial charge on any atom is -0.462 e. The molecular weight excluding hydrogens is 961 g/mol. The Balaban J connectivity index is 4.12. The highest BCUT2D eigenvalue weighted by molar-refractivity contribution is 5.71. The average Bonchev–Trinajstić information content (AvgIpc) is 3.44. The molecule has 1 unspecified atom stereocenters. The van der Waals surface area contributed by atoms with Gasteiger partial charge in [-0.15, -0.1) is 0 Å². The van der Waals surface area contributed by atoms with Gasteiger partial charge in [-0.1, -0.05) is 306 Å². The number of hydrogen-bond donors (Lipinski definition) is 0. The third kappa shape index (κ3) is 63.7. The molecule has 0 N–H and O–H groups in total. The molecule has 0 fully saturated rings. The second kappa shape index (κ2) is 66.4. The van der Waals surface area contributed by atoms with E-state index in [0.717, 1.165) is 77.0 Å². The van der Waals surface area contributed by atoms with Gasteiger partial charge in [0.25, 0.3) is 0 Å². The molecule has 0 aromatic carbocycles. The lowest BCUT2D eigenvalue weighted by Gasteiger charge is -2.18. The van der Waals surface area contributed by atoms with E-state index in [2.05, 4.69) is 87.6 Å². The van der Waals surface area contributed by atoms with Gasteiger partial charge in [-0.2, -0.15) is 0 Å². The summed E-state index contributed by atoms with van der Waals surface area (Å²) in [4.78, 5) is 38.2. The minimum absolute atomic E-state index is 0.0979. The predicted molar refractivity (Wildman–Crippen MR) is 339 cm³/mol. The normalized spacial score (nSPS) is 12.5. The fourth-order valence-corrected chi connectivity index (χ4v) is 9.86. The molecule has 6 heteroatoms. The highest BCUT2D eigenvalue weighted by atomic mass is 16.6. The average molecular weight is 1090 g/mol. The lowest BCUT2D eigenvalue weighted by molar-refractivity contribution is -0.166. The van der Waals surface area contributed by atoms with E-state index in [1.54, 1.807) is 0 Å². The molecule has 0 aromatic rings. The number of allylic oxidation sites excluding steroid dienone is 12. The van der Waals surface area contributed by atoms with Crippen LogP contribution in [0.15, 0.2) is 72.9 Å².